The van der Waals surface area contributed by atoms with Crippen molar-refractivity contribution in [2.75, 3.05) is 13.1 Å². The number of rotatable bonds is 8. The van der Waals surface area contributed by atoms with Gasteiger partial charge in [-0.3, -0.25) is 4.84 Å². The average molecular weight is 356 g/mol. The quantitative estimate of drug-likeness (QED) is 0.554. The van der Waals surface area contributed by atoms with Gasteiger partial charge in [0.05, 0.1) is 6.61 Å². The molecule has 2 aromatic carbocycles. The first-order chi connectivity index (χ1) is 12.4. The number of amides is 1. The number of nitrogens with one attached hydrogen (secondary N) is 2. The number of carbonyl (C=O) groups excluding carboxylic acids is 1. The van der Waals surface area contributed by atoms with Crippen LogP contribution in [-0.2, 0) is 16.2 Å². The smallest absolute Gasteiger partial charge is 0.407 e. The lowest BCUT2D eigenvalue weighted by atomic mass is 9.99. The van der Waals surface area contributed by atoms with E-state index >= 15 is 0 Å². The molecule has 0 aliphatic carbocycles. The molecule has 0 saturated carbocycles. The zero-order valence-corrected chi connectivity index (χ0v) is 15.7. The first-order valence-electron chi connectivity index (χ1n) is 8.84. The lowest BCUT2D eigenvalue weighted by Crippen LogP contribution is -2.37. The summed E-state index contributed by atoms with van der Waals surface area (Å²) in [6.07, 6.45) is -0.413. The minimum atomic E-state index is -0.511. The molecule has 0 bridgehead atoms. The summed E-state index contributed by atoms with van der Waals surface area (Å²) in [7, 11) is 0. The Balaban J connectivity index is 1.85. The van der Waals surface area contributed by atoms with Crippen LogP contribution in [0.2, 0.25) is 0 Å². The Labute approximate surface area is 155 Å². The van der Waals surface area contributed by atoms with Crippen LogP contribution < -0.4 is 10.8 Å². The van der Waals surface area contributed by atoms with E-state index in [1.54, 1.807) is 0 Å². The molecule has 1 atom stereocenters. The van der Waals surface area contributed by atoms with Gasteiger partial charge in [-0.15, -0.1) is 0 Å². The van der Waals surface area contributed by atoms with Gasteiger partial charge in [0.2, 0.25) is 0 Å². The van der Waals surface area contributed by atoms with Crippen LogP contribution in [0.5, 0.6) is 0 Å². The van der Waals surface area contributed by atoms with Crippen LogP contribution in [0.1, 0.15) is 37.8 Å². The third-order valence-electron chi connectivity index (χ3n) is 3.68. The maximum Gasteiger partial charge on any atom is 0.407 e. The Kier molecular flexibility index (Phi) is 7.63. The number of carbonyl (C=O) groups is 1. The molecule has 0 radical (unpaired) electrons. The summed E-state index contributed by atoms with van der Waals surface area (Å²) < 4.78 is 5.31. The average Bonchev–Trinajstić information content (AvgIpc) is 2.61. The summed E-state index contributed by atoms with van der Waals surface area (Å²) in [5.41, 5.74) is 4.73. The van der Waals surface area contributed by atoms with Crippen molar-refractivity contribution in [2.24, 2.45) is 0 Å². The van der Waals surface area contributed by atoms with E-state index in [2.05, 4.69) is 10.8 Å². The number of alkyl carbamates (subject to hydrolysis) is 1. The number of ether oxygens (including phenoxy) is 1. The molecule has 0 aliphatic heterocycles. The van der Waals surface area contributed by atoms with E-state index in [0.29, 0.717) is 19.7 Å². The van der Waals surface area contributed by atoms with Crippen molar-refractivity contribution in [3.8, 4) is 0 Å². The molecule has 1 amide bonds. The normalized spacial score (nSPS) is 12.4. The second-order valence-electron chi connectivity index (χ2n) is 7.11. The first-order valence-corrected chi connectivity index (χ1v) is 8.84. The zero-order valence-electron chi connectivity index (χ0n) is 15.7. The molecule has 5 nitrogen and oxygen atoms in total. The van der Waals surface area contributed by atoms with Crippen molar-refractivity contribution in [1.29, 1.82) is 0 Å². The fraction of sp³-hybridized carbons (Fsp3) is 0.381. The summed E-state index contributed by atoms with van der Waals surface area (Å²) in [4.78, 5) is 17.5. The van der Waals surface area contributed by atoms with Crippen LogP contribution >= 0.6 is 0 Å². The highest BCUT2D eigenvalue weighted by atomic mass is 16.6. The third kappa shape index (κ3) is 7.68. The van der Waals surface area contributed by atoms with Crippen LogP contribution in [0.3, 0.4) is 0 Å². The highest BCUT2D eigenvalue weighted by Gasteiger charge is 2.18. The molecule has 26 heavy (non-hydrogen) atoms. The van der Waals surface area contributed by atoms with Crippen molar-refractivity contribution < 1.29 is 14.4 Å². The van der Waals surface area contributed by atoms with Gasteiger partial charge in [0.15, 0.2) is 0 Å². The predicted molar refractivity (Wildman–Crippen MR) is 103 cm³/mol. The van der Waals surface area contributed by atoms with Crippen LogP contribution in [0.4, 0.5) is 4.79 Å². The number of hydrogen-bond acceptors (Lipinski definition) is 4. The van der Waals surface area contributed by atoms with Gasteiger partial charge in [0.1, 0.15) is 5.60 Å². The molecule has 0 spiro atoms. The fourth-order valence-corrected chi connectivity index (χ4v) is 2.42. The molecule has 2 N–H and O–H groups in total. The summed E-state index contributed by atoms with van der Waals surface area (Å²) in [5, 5.41) is 2.84. The summed E-state index contributed by atoms with van der Waals surface area (Å²) in [6, 6.07) is 20.0. The maximum absolute atomic E-state index is 11.9. The first kappa shape index (κ1) is 19.9. The monoisotopic (exact) mass is 356 g/mol. The highest BCUT2D eigenvalue weighted by Crippen LogP contribution is 2.14. The molecule has 0 fully saturated rings. The molecule has 2 aromatic rings. The minimum absolute atomic E-state index is 0.0690. The largest absolute Gasteiger partial charge is 0.444 e. The second kappa shape index (κ2) is 9.94. The van der Waals surface area contributed by atoms with E-state index in [-0.39, 0.29) is 5.92 Å². The Hall–Kier alpha value is -2.37. The topological polar surface area (TPSA) is 59.6 Å². The SMILES string of the molecule is CC(C)(C)OC(=O)NC[C@@H](CNOCc1ccccc1)c1ccccc1. The molecule has 0 saturated heterocycles. The van der Waals surface area contributed by atoms with Gasteiger partial charge in [-0.1, -0.05) is 60.7 Å². The molecule has 0 aromatic heterocycles. The minimum Gasteiger partial charge on any atom is -0.444 e. The van der Waals surface area contributed by atoms with Crippen molar-refractivity contribution in [1.82, 2.24) is 10.8 Å². The molecule has 2 rings (SSSR count). The molecular formula is C21H28N2O3. The van der Waals surface area contributed by atoms with E-state index in [1.165, 1.54) is 0 Å². The van der Waals surface area contributed by atoms with Crippen LogP contribution in [-0.4, -0.2) is 24.8 Å². The summed E-state index contributed by atoms with van der Waals surface area (Å²) in [6.45, 7) is 7.07. The fourth-order valence-electron chi connectivity index (χ4n) is 2.42. The standard InChI is InChI=1S/C21H28N2O3/c1-21(2,3)26-20(24)22-14-19(18-12-8-5-9-13-18)15-23-25-16-17-10-6-4-7-11-17/h4-13,19,23H,14-16H2,1-3H3,(H,22,24)/t19-/m0/s1. The van der Waals surface area contributed by atoms with Crippen molar-refractivity contribution in [2.45, 2.75) is 38.9 Å². The van der Waals surface area contributed by atoms with Gasteiger partial charge in [-0.2, -0.15) is 0 Å². The van der Waals surface area contributed by atoms with Gasteiger partial charge in [-0.05, 0) is 31.9 Å². The number of benzene rings is 2. The second-order valence-corrected chi connectivity index (χ2v) is 7.11. The molecule has 140 valence electrons. The van der Waals surface area contributed by atoms with E-state index in [9.17, 15) is 4.79 Å². The van der Waals surface area contributed by atoms with E-state index < -0.39 is 11.7 Å². The van der Waals surface area contributed by atoms with Crippen LogP contribution in [0, 0.1) is 0 Å². The van der Waals surface area contributed by atoms with E-state index in [1.807, 2.05) is 81.4 Å². The van der Waals surface area contributed by atoms with Gasteiger partial charge in [0, 0.05) is 19.0 Å². The Bertz CT molecular complexity index is 654. The number of hydrogen-bond donors (Lipinski definition) is 2. The highest BCUT2D eigenvalue weighted by molar-refractivity contribution is 5.67. The van der Waals surface area contributed by atoms with Crippen LogP contribution in [0.15, 0.2) is 60.7 Å². The molecule has 0 unspecified atom stereocenters. The van der Waals surface area contributed by atoms with Gasteiger partial charge in [-0.25, -0.2) is 10.3 Å². The number of hydroxylamine groups is 1. The van der Waals surface area contributed by atoms with Crippen molar-refractivity contribution >= 4 is 6.09 Å². The Morgan fingerprint density at radius 2 is 1.58 bits per heavy atom. The van der Waals surface area contributed by atoms with Gasteiger partial charge >= 0.3 is 6.09 Å². The van der Waals surface area contributed by atoms with E-state index in [4.69, 9.17) is 9.57 Å². The molecule has 0 aliphatic rings. The van der Waals surface area contributed by atoms with Crippen molar-refractivity contribution in [3.63, 3.8) is 0 Å². The van der Waals surface area contributed by atoms with Crippen LogP contribution in [0.25, 0.3) is 0 Å². The lowest BCUT2D eigenvalue weighted by Gasteiger charge is -2.22. The maximum atomic E-state index is 11.9. The molecule has 0 heterocycles. The Morgan fingerprint density at radius 3 is 2.19 bits per heavy atom. The predicted octanol–water partition coefficient (Wildman–Crippen LogP) is 4.02. The lowest BCUT2D eigenvalue weighted by molar-refractivity contribution is 0.0238. The van der Waals surface area contributed by atoms with E-state index in [0.717, 1.165) is 11.1 Å². The molecule has 5 heteroatoms. The molecular weight excluding hydrogens is 328 g/mol. The Morgan fingerprint density at radius 1 is 0.962 bits per heavy atom. The van der Waals surface area contributed by atoms with Gasteiger partial charge < -0.3 is 10.1 Å². The van der Waals surface area contributed by atoms with Gasteiger partial charge in [0.25, 0.3) is 0 Å². The summed E-state index contributed by atoms with van der Waals surface area (Å²) in [5.74, 6) is 0.0690. The van der Waals surface area contributed by atoms with Crippen molar-refractivity contribution in [3.05, 3.63) is 71.8 Å². The third-order valence-corrected chi connectivity index (χ3v) is 3.68. The zero-order chi connectivity index (χ0) is 18.8. The summed E-state index contributed by atoms with van der Waals surface area (Å²) >= 11 is 0.